The third kappa shape index (κ3) is 3.55. The normalized spacial score (nSPS) is 16.1. The highest BCUT2D eigenvalue weighted by molar-refractivity contribution is 8.00. The van der Waals surface area contributed by atoms with E-state index in [1.54, 1.807) is 11.8 Å². The van der Waals surface area contributed by atoms with Gasteiger partial charge < -0.3 is 5.32 Å². The number of hydrogen-bond donors (Lipinski definition) is 1. The van der Waals surface area contributed by atoms with Crippen LogP contribution in [0.2, 0.25) is 0 Å². The standard InChI is InChI=1S/C9H15N3S2/c1-7-11-9(14-12-7)13-5-4-10-6-8-2-3-8/h8,10H,2-6H2,1H3. The van der Waals surface area contributed by atoms with E-state index in [0.717, 1.165) is 28.4 Å². The lowest BCUT2D eigenvalue weighted by Crippen LogP contribution is -2.19. The predicted molar refractivity (Wildman–Crippen MR) is 61.0 cm³/mol. The Morgan fingerprint density at radius 1 is 1.57 bits per heavy atom. The van der Waals surface area contributed by atoms with Crippen LogP contribution in [0, 0.1) is 12.8 Å². The van der Waals surface area contributed by atoms with Crippen LogP contribution in [-0.4, -0.2) is 28.2 Å². The first-order valence-corrected chi connectivity index (χ1v) is 6.74. The molecule has 0 bridgehead atoms. The molecule has 0 aromatic carbocycles. The molecule has 1 aliphatic rings. The zero-order valence-electron chi connectivity index (χ0n) is 8.32. The summed E-state index contributed by atoms with van der Waals surface area (Å²) in [5.41, 5.74) is 0. The molecule has 0 atom stereocenters. The second kappa shape index (κ2) is 5.09. The lowest BCUT2D eigenvalue weighted by Gasteiger charge is -2.00. The third-order valence-corrected chi connectivity index (χ3v) is 4.07. The Hall–Kier alpha value is -0.130. The van der Waals surface area contributed by atoms with Crippen molar-refractivity contribution in [2.75, 3.05) is 18.8 Å². The van der Waals surface area contributed by atoms with E-state index in [1.807, 2.05) is 6.92 Å². The Morgan fingerprint density at radius 3 is 3.07 bits per heavy atom. The monoisotopic (exact) mass is 229 g/mol. The van der Waals surface area contributed by atoms with Crippen molar-refractivity contribution in [3.63, 3.8) is 0 Å². The number of aromatic nitrogens is 2. The quantitative estimate of drug-likeness (QED) is 0.597. The molecule has 1 aromatic rings. The van der Waals surface area contributed by atoms with Gasteiger partial charge in [-0.15, -0.1) is 0 Å². The summed E-state index contributed by atoms with van der Waals surface area (Å²) in [7, 11) is 0. The molecular weight excluding hydrogens is 214 g/mol. The van der Waals surface area contributed by atoms with Gasteiger partial charge in [-0.25, -0.2) is 4.98 Å². The van der Waals surface area contributed by atoms with Gasteiger partial charge >= 0.3 is 0 Å². The molecule has 0 aliphatic heterocycles. The second-order valence-electron chi connectivity index (χ2n) is 3.60. The maximum Gasteiger partial charge on any atom is 0.170 e. The van der Waals surface area contributed by atoms with E-state index >= 15 is 0 Å². The van der Waals surface area contributed by atoms with Crippen molar-refractivity contribution in [1.29, 1.82) is 0 Å². The summed E-state index contributed by atoms with van der Waals surface area (Å²) in [6.45, 7) is 4.22. The molecule has 0 saturated heterocycles. The Labute approximate surface area is 92.9 Å². The van der Waals surface area contributed by atoms with Gasteiger partial charge in [0.25, 0.3) is 0 Å². The third-order valence-electron chi connectivity index (χ3n) is 2.14. The number of thioether (sulfide) groups is 1. The van der Waals surface area contributed by atoms with Gasteiger partial charge in [-0.05, 0) is 43.8 Å². The zero-order chi connectivity index (χ0) is 9.80. The molecule has 2 rings (SSSR count). The van der Waals surface area contributed by atoms with Crippen LogP contribution in [0.5, 0.6) is 0 Å². The smallest absolute Gasteiger partial charge is 0.170 e. The van der Waals surface area contributed by atoms with E-state index in [-0.39, 0.29) is 0 Å². The first-order valence-electron chi connectivity index (χ1n) is 4.98. The molecule has 5 heteroatoms. The lowest BCUT2D eigenvalue weighted by molar-refractivity contribution is 0.666. The van der Waals surface area contributed by atoms with Gasteiger partial charge in [-0.1, -0.05) is 11.8 Å². The molecule has 14 heavy (non-hydrogen) atoms. The number of nitrogens with one attached hydrogen (secondary N) is 1. The van der Waals surface area contributed by atoms with Crippen LogP contribution in [0.4, 0.5) is 0 Å². The molecule has 0 unspecified atom stereocenters. The van der Waals surface area contributed by atoms with E-state index in [9.17, 15) is 0 Å². The van der Waals surface area contributed by atoms with Gasteiger partial charge in [0.2, 0.25) is 0 Å². The van der Waals surface area contributed by atoms with E-state index in [1.165, 1.54) is 30.9 Å². The first-order chi connectivity index (χ1) is 6.84. The van der Waals surface area contributed by atoms with Crippen molar-refractivity contribution in [3.8, 4) is 0 Å². The molecule has 1 N–H and O–H groups in total. The second-order valence-corrected chi connectivity index (χ2v) is 5.70. The van der Waals surface area contributed by atoms with Crippen LogP contribution in [0.3, 0.4) is 0 Å². The van der Waals surface area contributed by atoms with Gasteiger partial charge in [0.05, 0.1) is 0 Å². The Kier molecular flexibility index (Phi) is 3.78. The zero-order valence-corrected chi connectivity index (χ0v) is 9.96. The SMILES string of the molecule is Cc1nsc(SCCNCC2CC2)n1. The van der Waals surface area contributed by atoms with Gasteiger partial charge in [0.1, 0.15) is 5.82 Å². The fourth-order valence-electron chi connectivity index (χ4n) is 1.18. The summed E-state index contributed by atoms with van der Waals surface area (Å²) in [5, 5.41) is 3.46. The minimum Gasteiger partial charge on any atom is -0.316 e. The van der Waals surface area contributed by atoms with Crippen molar-refractivity contribution >= 4 is 23.3 Å². The summed E-state index contributed by atoms with van der Waals surface area (Å²) < 4.78 is 5.24. The molecule has 1 saturated carbocycles. The highest BCUT2D eigenvalue weighted by atomic mass is 32.2. The molecule has 1 heterocycles. The van der Waals surface area contributed by atoms with Crippen LogP contribution in [0.15, 0.2) is 4.34 Å². The van der Waals surface area contributed by atoms with Crippen molar-refractivity contribution in [1.82, 2.24) is 14.7 Å². The fourth-order valence-corrected chi connectivity index (χ4v) is 2.79. The Bertz CT molecular complexity index is 283. The maximum absolute atomic E-state index is 4.30. The number of hydrogen-bond acceptors (Lipinski definition) is 5. The highest BCUT2D eigenvalue weighted by Crippen LogP contribution is 2.27. The molecule has 0 radical (unpaired) electrons. The summed E-state index contributed by atoms with van der Waals surface area (Å²) in [5.74, 6) is 2.97. The highest BCUT2D eigenvalue weighted by Gasteiger charge is 2.19. The van der Waals surface area contributed by atoms with Crippen molar-refractivity contribution in [3.05, 3.63) is 5.82 Å². The van der Waals surface area contributed by atoms with E-state index in [4.69, 9.17) is 0 Å². The molecular formula is C9H15N3S2. The first kappa shape index (κ1) is 10.4. The molecule has 0 spiro atoms. The summed E-state index contributed by atoms with van der Waals surface area (Å²) in [4.78, 5) is 4.30. The predicted octanol–water partition coefficient (Wildman–Crippen LogP) is 1.94. The largest absolute Gasteiger partial charge is 0.316 e. The van der Waals surface area contributed by atoms with Gasteiger partial charge in [0, 0.05) is 12.3 Å². The molecule has 1 aliphatic carbocycles. The van der Waals surface area contributed by atoms with E-state index in [0.29, 0.717) is 0 Å². The van der Waals surface area contributed by atoms with Crippen molar-refractivity contribution < 1.29 is 0 Å². The average Bonchev–Trinajstić information content (AvgIpc) is 2.89. The van der Waals surface area contributed by atoms with Crippen LogP contribution < -0.4 is 5.32 Å². The number of nitrogens with zero attached hydrogens (tertiary/aromatic N) is 2. The van der Waals surface area contributed by atoms with E-state index < -0.39 is 0 Å². The van der Waals surface area contributed by atoms with E-state index in [2.05, 4.69) is 14.7 Å². The Morgan fingerprint density at radius 2 is 2.43 bits per heavy atom. The number of aryl methyl sites for hydroxylation is 1. The average molecular weight is 229 g/mol. The van der Waals surface area contributed by atoms with Crippen LogP contribution in [-0.2, 0) is 0 Å². The van der Waals surface area contributed by atoms with Crippen LogP contribution in [0.25, 0.3) is 0 Å². The topological polar surface area (TPSA) is 37.8 Å². The minimum absolute atomic E-state index is 0.892. The van der Waals surface area contributed by atoms with Crippen LogP contribution >= 0.6 is 23.3 Å². The van der Waals surface area contributed by atoms with Gasteiger partial charge in [-0.3, -0.25) is 0 Å². The van der Waals surface area contributed by atoms with Gasteiger partial charge in [-0.2, -0.15) is 4.37 Å². The fraction of sp³-hybridized carbons (Fsp3) is 0.778. The Balaban J connectivity index is 1.53. The van der Waals surface area contributed by atoms with Gasteiger partial charge in [0.15, 0.2) is 4.34 Å². The maximum atomic E-state index is 4.30. The minimum atomic E-state index is 0.892. The molecule has 3 nitrogen and oxygen atoms in total. The molecule has 78 valence electrons. The van der Waals surface area contributed by atoms with Crippen LogP contribution in [0.1, 0.15) is 18.7 Å². The molecule has 0 amide bonds. The van der Waals surface area contributed by atoms with Crippen molar-refractivity contribution in [2.24, 2.45) is 5.92 Å². The summed E-state index contributed by atoms with van der Waals surface area (Å²) in [6.07, 6.45) is 2.85. The number of rotatable bonds is 6. The lowest BCUT2D eigenvalue weighted by atomic mass is 10.4. The molecule has 1 fully saturated rings. The summed E-state index contributed by atoms with van der Waals surface area (Å²) in [6, 6.07) is 0. The summed E-state index contributed by atoms with van der Waals surface area (Å²) >= 11 is 3.30. The molecule has 1 aromatic heterocycles. The van der Waals surface area contributed by atoms with Crippen molar-refractivity contribution in [2.45, 2.75) is 24.1 Å².